The highest BCUT2D eigenvalue weighted by atomic mass is 16.6. The van der Waals surface area contributed by atoms with Gasteiger partial charge in [-0.2, -0.15) is 0 Å². The summed E-state index contributed by atoms with van der Waals surface area (Å²) in [5, 5.41) is 0. The topological polar surface area (TPSA) is 43.5 Å². The number of fused-ring (bicyclic) bond motifs is 2. The summed E-state index contributed by atoms with van der Waals surface area (Å²) >= 11 is 0. The summed E-state index contributed by atoms with van der Waals surface area (Å²) in [5.41, 5.74) is 0.358. The fourth-order valence-corrected chi connectivity index (χ4v) is 5.07. The van der Waals surface area contributed by atoms with E-state index in [4.69, 9.17) is 18.9 Å². The van der Waals surface area contributed by atoms with Crippen LogP contribution in [0.1, 0.15) is 78.1 Å². The Morgan fingerprint density at radius 2 is 1.48 bits per heavy atom. The first-order valence-electron chi connectivity index (χ1n) is 10.6. The van der Waals surface area contributed by atoms with Crippen LogP contribution in [0.5, 0.6) is 0 Å². The largest absolute Gasteiger partial charge is 0.381 e. The van der Waals surface area contributed by atoms with Crippen LogP contribution >= 0.6 is 0 Å². The molecule has 144 valence electrons. The first-order chi connectivity index (χ1) is 12.1. The number of epoxide rings is 2. The van der Waals surface area contributed by atoms with Gasteiger partial charge in [-0.15, -0.1) is 0 Å². The minimum Gasteiger partial charge on any atom is -0.381 e. The molecule has 0 aromatic heterocycles. The zero-order chi connectivity index (χ0) is 17.3. The lowest BCUT2D eigenvalue weighted by Gasteiger charge is -2.23. The molecule has 2 aliphatic heterocycles. The number of hydrogen-bond acceptors (Lipinski definition) is 4. The molecule has 2 saturated carbocycles. The Hall–Kier alpha value is -0.160. The second-order valence-electron chi connectivity index (χ2n) is 9.25. The van der Waals surface area contributed by atoms with Crippen molar-refractivity contribution in [3.63, 3.8) is 0 Å². The van der Waals surface area contributed by atoms with Crippen LogP contribution in [0.2, 0.25) is 0 Å². The molecular formula is C21H36O4. The molecule has 6 atom stereocenters. The van der Waals surface area contributed by atoms with Gasteiger partial charge in [-0.25, -0.2) is 0 Å². The summed E-state index contributed by atoms with van der Waals surface area (Å²) in [6.45, 7) is 7.25. The quantitative estimate of drug-likeness (QED) is 0.435. The van der Waals surface area contributed by atoms with Gasteiger partial charge in [0.1, 0.15) is 0 Å². The second-order valence-corrected chi connectivity index (χ2v) is 9.25. The van der Waals surface area contributed by atoms with Crippen molar-refractivity contribution in [3.05, 3.63) is 0 Å². The molecule has 0 N–H and O–H groups in total. The van der Waals surface area contributed by atoms with Crippen molar-refractivity contribution in [3.8, 4) is 0 Å². The summed E-state index contributed by atoms with van der Waals surface area (Å²) in [5.74, 6) is 0.713. The van der Waals surface area contributed by atoms with Gasteiger partial charge in [-0.05, 0) is 64.7 Å². The van der Waals surface area contributed by atoms with Crippen molar-refractivity contribution in [1.82, 2.24) is 0 Å². The van der Waals surface area contributed by atoms with Crippen molar-refractivity contribution in [2.45, 2.75) is 108 Å². The van der Waals surface area contributed by atoms with Gasteiger partial charge in [0, 0.05) is 26.2 Å². The van der Waals surface area contributed by atoms with E-state index in [1.807, 2.05) is 0 Å². The Balaban J connectivity index is 0.953. The van der Waals surface area contributed by atoms with Gasteiger partial charge in [-0.1, -0.05) is 12.8 Å². The standard InChI is InChI=1S/C21H36O4/c1-20-13-16(7-9-18(20)24-20)15-22-11-5-3-4-6-12-23-17-8-10-19-21(2,14-17)25-19/h16-19H,3-15H2,1-2H3/t16?,17?,18?,19-,20?,21?/m1/s1. The van der Waals surface area contributed by atoms with Gasteiger partial charge >= 0.3 is 0 Å². The van der Waals surface area contributed by atoms with Gasteiger partial charge < -0.3 is 18.9 Å². The fourth-order valence-electron chi connectivity index (χ4n) is 5.07. The summed E-state index contributed by atoms with van der Waals surface area (Å²) in [4.78, 5) is 0. The number of ether oxygens (including phenoxy) is 4. The van der Waals surface area contributed by atoms with E-state index >= 15 is 0 Å². The molecule has 2 saturated heterocycles. The van der Waals surface area contributed by atoms with Crippen LogP contribution in [0.4, 0.5) is 0 Å². The van der Waals surface area contributed by atoms with Crippen molar-refractivity contribution in [2.75, 3.05) is 19.8 Å². The van der Waals surface area contributed by atoms with Crippen LogP contribution in [0, 0.1) is 5.92 Å². The molecule has 25 heavy (non-hydrogen) atoms. The predicted molar refractivity (Wildman–Crippen MR) is 96.8 cm³/mol. The summed E-state index contributed by atoms with van der Waals surface area (Å²) in [6.07, 6.45) is 13.6. The Morgan fingerprint density at radius 3 is 2.20 bits per heavy atom. The Morgan fingerprint density at radius 1 is 0.800 bits per heavy atom. The molecule has 4 aliphatic rings. The van der Waals surface area contributed by atoms with Crippen molar-refractivity contribution >= 4 is 0 Å². The number of rotatable bonds is 10. The highest BCUT2D eigenvalue weighted by Gasteiger charge is 2.56. The van der Waals surface area contributed by atoms with Crippen LogP contribution in [0.15, 0.2) is 0 Å². The molecule has 0 aromatic rings. The molecule has 4 rings (SSSR count). The summed E-state index contributed by atoms with van der Waals surface area (Å²) in [7, 11) is 0. The first-order valence-corrected chi connectivity index (χ1v) is 10.6. The minimum atomic E-state index is 0.155. The Labute approximate surface area is 152 Å². The predicted octanol–water partition coefficient (Wildman–Crippen LogP) is 4.25. The molecular weight excluding hydrogens is 316 g/mol. The number of unbranched alkanes of at least 4 members (excludes halogenated alkanes) is 3. The molecule has 4 heteroatoms. The molecule has 0 aromatic carbocycles. The lowest BCUT2D eigenvalue weighted by molar-refractivity contribution is 0.0205. The maximum absolute atomic E-state index is 6.05. The van der Waals surface area contributed by atoms with E-state index in [1.165, 1.54) is 57.8 Å². The average molecular weight is 353 g/mol. The fraction of sp³-hybridized carbons (Fsp3) is 1.00. The van der Waals surface area contributed by atoms with Crippen LogP contribution in [0.3, 0.4) is 0 Å². The first kappa shape index (κ1) is 18.2. The van der Waals surface area contributed by atoms with E-state index < -0.39 is 0 Å². The van der Waals surface area contributed by atoms with Gasteiger partial charge in [-0.3, -0.25) is 0 Å². The van der Waals surface area contributed by atoms with Gasteiger partial charge in [0.2, 0.25) is 0 Å². The maximum atomic E-state index is 6.05. The normalized spacial score (nSPS) is 44.9. The van der Waals surface area contributed by atoms with E-state index in [1.54, 1.807) is 0 Å². The van der Waals surface area contributed by atoms with E-state index in [2.05, 4.69) is 13.8 Å². The molecule has 4 nitrogen and oxygen atoms in total. The lowest BCUT2D eigenvalue weighted by Crippen LogP contribution is -2.28. The SMILES string of the molecule is CC12CC(COCCCCCCOC3CC[C@H]4OC4(C)C3)CCC1O2. The van der Waals surface area contributed by atoms with E-state index in [-0.39, 0.29) is 11.2 Å². The molecule has 2 heterocycles. The highest BCUT2D eigenvalue weighted by molar-refractivity contribution is 5.04. The van der Waals surface area contributed by atoms with Crippen molar-refractivity contribution < 1.29 is 18.9 Å². The summed E-state index contributed by atoms with van der Waals surface area (Å²) in [6, 6.07) is 0. The second kappa shape index (κ2) is 7.46. The van der Waals surface area contributed by atoms with Gasteiger partial charge in [0.25, 0.3) is 0 Å². The molecule has 0 spiro atoms. The highest BCUT2D eigenvalue weighted by Crippen LogP contribution is 2.49. The molecule has 0 radical (unpaired) electrons. The minimum absolute atomic E-state index is 0.155. The molecule has 4 fully saturated rings. The van der Waals surface area contributed by atoms with Gasteiger partial charge in [0.05, 0.1) is 29.5 Å². The van der Waals surface area contributed by atoms with E-state index in [9.17, 15) is 0 Å². The van der Waals surface area contributed by atoms with Crippen LogP contribution in [-0.2, 0) is 18.9 Å². The molecule has 0 bridgehead atoms. The van der Waals surface area contributed by atoms with Gasteiger partial charge in [0.15, 0.2) is 0 Å². The third-order valence-electron chi connectivity index (χ3n) is 6.88. The smallest absolute Gasteiger partial charge is 0.0945 e. The third-order valence-corrected chi connectivity index (χ3v) is 6.88. The zero-order valence-electron chi connectivity index (χ0n) is 16.1. The average Bonchev–Trinajstić information content (AvgIpc) is 3.45. The van der Waals surface area contributed by atoms with Crippen LogP contribution in [0.25, 0.3) is 0 Å². The zero-order valence-corrected chi connectivity index (χ0v) is 16.1. The van der Waals surface area contributed by atoms with Crippen molar-refractivity contribution in [1.29, 1.82) is 0 Å². The van der Waals surface area contributed by atoms with Crippen LogP contribution in [-0.4, -0.2) is 49.3 Å². The number of hydrogen-bond donors (Lipinski definition) is 0. The Kier molecular flexibility index (Phi) is 5.43. The lowest BCUT2D eigenvalue weighted by atomic mass is 9.83. The van der Waals surface area contributed by atoms with Crippen molar-refractivity contribution in [2.24, 2.45) is 5.92 Å². The monoisotopic (exact) mass is 352 g/mol. The molecule has 0 amide bonds. The van der Waals surface area contributed by atoms with E-state index in [0.29, 0.717) is 24.2 Å². The molecule has 5 unspecified atom stereocenters. The third kappa shape index (κ3) is 4.58. The van der Waals surface area contributed by atoms with E-state index in [0.717, 1.165) is 26.2 Å². The summed E-state index contributed by atoms with van der Waals surface area (Å²) < 4.78 is 23.5. The molecule has 2 aliphatic carbocycles. The Bertz CT molecular complexity index is 415. The van der Waals surface area contributed by atoms with Crippen LogP contribution < -0.4 is 0 Å². The maximum Gasteiger partial charge on any atom is 0.0945 e.